The molecule has 0 radical (unpaired) electrons. The second kappa shape index (κ2) is 7.89. The number of pyridine rings is 1. The summed E-state index contributed by atoms with van der Waals surface area (Å²) in [5.41, 5.74) is 2.28. The van der Waals surface area contributed by atoms with Gasteiger partial charge in [-0.1, -0.05) is 35.9 Å². The second-order valence-electron chi connectivity index (χ2n) is 4.74. The largest absolute Gasteiger partial charge is 0.368 e. The summed E-state index contributed by atoms with van der Waals surface area (Å²) in [6.07, 6.45) is 1.73. The summed E-state index contributed by atoms with van der Waals surface area (Å²) >= 11 is 0. The maximum atomic E-state index is 11.6. The lowest BCUT2D eigenvalue weighted by molar-refractivity contribution is 0.241. The third-order valence-electron chi connectivity index (χ3n) is 2.92. The Labute approximate surface area is 124 Å². The van der Waals surface area contributed by atoms with Gasteiger partial charge in [-0.15, -0.1) is 0 Å². The predicted molar refractivity (Wildman–Crippen MR) is 84.1 cm³/mol. The molecule has 0 spiro atoms. The molecule has 2 aromatic rings. The summed E-state index contributed by atoms with van der Waals surface area (Å²) in [7, 11) is 0. The SMILES string of the molecule is Cc1cccc(CNC(=O)NCCNc2ccccn2)c1. The van der Waals surface area contributed by atoms with Crippen molar-refractivity contribution in [3.05, 3.63) is 59.8 Å². The highest BCUT2D eigenvalue weighted by Gasteiger charge is 2.00. The lowest BCUT2D eigenvalue weighted by Gasteiger charge is -2.09. The molecule has 0 fully saturated rings. The summed E-state index contributed by atoms with van der Waals surface area (Å²) in [6.45, 7) is 3.74. The Bertz CT molecular complexity index is 571. The topological polar surface area (TPSA) is 66.1 Å². The number of urea groups is 1. The van der Waals surface area contributed by atoms with Gasteiger partial charge in [0.05, 0.1) is 0 Å². The number of aromatic nitrogens is 1. The van der Waals surface area contributed by atoms with E-state index in [2.05, 4.69) is 27.0 Å². The number of anilines is 1. The number of carbonyl (C=O) groups is 1. The van der Waals surface area contributed by atoms with E-state index in [1.807, 2.05) is 43.3 Å². The van der Waals surface area contributed by atoms with E-state index in [0.717, 1.165) is 11.4 Å². The molecular formula is C16H20N4O. The van der Waals surface area contributed by atoms with Crippen LogP contribution in [0, 0.1) is 6.92 Å². The number of hydrogen-bond acceptors (Lipinski definition) is 3. The van der Waals surface area contributed by atoms with Gasteiger partial charge in [0.25, 0.3) is 0 Å². The van der Waals surface area contributed by atoms with Crippen molar-refractivity contribution in [2.24, 2.45) is 0 Å². The summed E-state index contributed by atoms with van der Waals surface area (Å²) < 4.78 is 0. The van der Waals surface area contributed by atoms with Crippen molar-refractivity contribution >= 4 is 11.8 Å². The molecule has 1 heterocycles. The fraction of sp³-hybridized carbons (Fsp3) is 0.250. The fourth-order valence-corrected chi connectivity index (χ4v) is 1.90. The van der Waals surface area contributed by atoms with Gasteiger partial charge in [-0.2, -0.15) is 0 Å². The number of aryl methyl sites for hydroxylation is 1. The predicted octanol–water partition coefficient (Wildman–Crippen LogP) is 2.30. The number of nitrogens with one attached hydrogen (secondary N) is 3. The van der Waals surface area contributed by atoms with Gasteiger partial charge in [0.2, 0.25) is 0 Å². The first-order valence-electron chi connectivity index (χ1n) is 6.96. The highest BCUT2D eigenvalue weighted by atomic mass is 16.2. The van der Waals surface area contributed by atoms with Gasteiger partial charge in [0.15, 0.2) is 0 Å². The van der Waals surface area contributed by atoms with Gasteiger partial charge in [-0.3, -0.25) is 0 Å². The average Bonchev–Trinajstić information content (AvgIpc) is 2.51. The minimum atomic E-state index is -0.167. The third kappa shape index (κ3) is 5.52. The molecule has 0 aliphatic carbocycles. The molecule has 0 bridgehead atoms. The normalized spacial score (nSPS) is 9.95. The van der Waals surface area contributed by atoms with E-state index in [0.29, 0.717) is 19.6 Å². The average molecular weight is 284 g/mol. The molecule has 0 unspecified atom stereocenters. The maximum Gasteiger partial charge on any atom is 0.315 e. The van der Waals surface area contributed by atoms with Crippen molar-refractivity contribution in [1.29, 1.82) is 0 Å². The van der Waals surface area contributed by atoms with E-state index in [4.69, 9.17) is 0 Å². The number of rotatable bonds is 6. The summed E-state index contributed by atoms with van der Waals surface area (Å²) in [4.78, 5) is 15.8. The molecule has 5 heteroatoms. The highest BCUT2D eigenvalue weighted by molar-refractivity contribution is 5.73. The molecule has 3 N–H and O–H groups in total. The summed E-state index contributed by atoms with van der Waals surface area (Å²) in [5, 5.41) is 8.76. The van der Waals surface area contributed by atoms with Crippen molar-refractivity contribution in [3.63, 3.8) is 0 Å². The molecule has 0 aliphatic heterocycles. The molecule has 110 valence electrons. The van der Waals surface area contributed by atoms with E-state index < -0.39 is 0 Å². The van der Waals surface area contributed by atoms with Crippen LogP contribution < -0.4 is 16.0 Å². The zero-order chi connectivity index (χ0) is 14.9. The van der Waals surface area contributed by atoms with Crippen molar-refractivity contribution in [2.75, 3.05) is 18.4 Å². The zero-order valence-electron chi connectivity index (χ0n) is 12.1. The monoisotopic (exact) mass is 284 g/mol. The summed E-state index contributed by atoms with van der Waals surface area (Å²) in [5.74, 6) is 0.805. The number of benzene rings is 1. The Balaban J connectivity index is 1.62. The number of hydrogen-bond donors (Lipinski definition) is 3. The molecule has 5 nitrogen and oxygen atoms in total. The van der Waals surface area contributed by atoms with Crippen LogP contribution in [0.4, 0.5) is 10.6 Å². The lowest BCUT2D eigenvalue weighted by Crippen LogP contribution is -2.37. The van der Waals surface area contributed by atoms with Crippen LogP contribution in [0.1, 0.15) is 11.1 Å². The molecule has 0 atom stereocenters. The van der Waals surface area contributed by atoms with Gasteiger partial charge in [-0.25, -0.2) is 9.78 Å². The van der Waals surface area contributed by atoms with Crippen LogP contribution in [-0.2, 0) is 6.54 Å². The molecule has 21 heavy (non-hydrogen) atoms. The smallest absolute Gasteiger partial charge is 0.315 e. The van der Waals surface area contributed by atoms with Gasteiger partial charge in [0, 0.05) is 25.8 Å². The molecular weight excluding hydrogens is 264 g/mol. The molecule has 1 aromatic carbocycles. The van der Waals surface area contributed by atoms with E-state index in [1.54, 1.807) is 6.20 Å². The first kappa shape index (κ1) is 14.8. The standard InChI is InChI=1S/C16H20N4O/c1-13-5-4-6-14(11-13)12-20-16(21)19-10-9-18-15-7-2-3-8-17-15/h2-8,11H,9-10,12H2,1H3,(H,17,18)(H2,19,20,21). The number of nitrogens with zero attached hydrogens (tertiary/aromatic N) is 1. The molecule has 0 aliphatic rings. The number of amides is 2. The fourth-order valence-electron chi connectivity index (χ4n) is 1.90. The van der Waals surface area contributed by atoms with Gasteiger partial charge in [-0.05, 0) is 24.6 Å². The zero-order valence-corrected chi connectivity index (χ0v) is 12.1. The third-order valence-corrected chi connectivity index (χ3v) is 2.92. The highest BCUT2D eigenvalue weighted by Crippen LogP contribution is 2.03. The van der Waals surface area contributed by atoms with Crippen molar-refractivity contribution < 1.29 is 4.79 Å². The quantitative estimate of drug-likeness (QED) is 0.713. The Hall–Kier alpha value is -2.56. The van der Waals surface area contributed by atoms with E-state index in [9.17, 15) is 4.79 Å². The first-order valence-corrected chi connectivity index (χ1v) is 6.96. The first-order chi connectivity index (χ1) is 10.2. The Morgan fingerprint density at radius 2 is 2.00 bits per heavy atom. The molecule has 0 saturated carbocycles. The number of carbonyl (C=O) groups excluding carboxylic acids is 1. The summed E-state index contributed by atoms with van der Waals surface area (Å²) in [6, 6.07) is 13.6. The minimum Gasteiger partial charge on any atom is -0.368 e. The van der Waals surface area contributed by atoms with E-state index >= 15 is 0 Å². The van der Waals surface area contributed by atoms with Crippen LogP contribution >= 0.6 is 0 Å². The van der Waals surface area contributed by atoms with Gasteiger partial charge >= 0.3 is 6.03 Å². The molecule has 1 aromatic heterocycles. The van der Waals surface area contributed by atoms with Crippen LogP contribution in [0.2, 0.25) is 0 Å². The van der Waals surface area contributed by atoms with Crippen molar-refractivity contribution in [2.45, 2.75) is 13.5 Å². The Morgan fingerprint density at radius 3 is 2.76 bits per heavy atom. The minimum absolute atomic E-state index is 0.167. The Kier molecular flexibility index (Phi) is 5.58. The second-order valence-corrected chi connectivity index (χ2v) is 4.74. The van der Waals surface area contributed by atoms with Crippen LogP contribution in [-0.4, -0.2) is 24.1 Å². The Morgan fingerprint density at radius 1 is 1.10 bits per heavy atom. The van der Waals surface area contributed by atoms with Crippen LogP contribution in [0.5, 0.6) is 0 Å². The molecule has 2 amide bonds. The van der Waals surface area contributed by atoms with Crippen molar-refractivity contribution in [1.82, 2.24) is 15.6 Å². The van der Waals surface area contributed by atoms with E-state index in [-0.39, 0.29) is 6.03 Å². The van der Waals surface area contributed by atoms with Gasteiger partial charge in [0.1, 0.15) is 5.82 Å². The maximum absolute atomic E-state index is 11.6. The van der Waals surface area contributed by atoms with Gasteiger partial charge < -0.3 is 16.0 Å². The molecule has 2 rings (SSSR count). The molecule has 0 saturated heterocycles. The van der Waals surface area contributed by atoms with Crippen LogP contribution in [0.25, 0.3) is 0 Å². The lowest BCUT2D eigenvalue weighted by atomic mass is 10.1. The van der Waals surface area contributed by atoms with Crippen LogP contribution in [0.3, 0.4) is 0 Å². The van der Waals surface area contributed by atoms with Crippen molar-refractivity contribution in [3.8, 4) is 0 Å². The van der Waals surface area contributed by atoms with E-state index in [1.165, 1.54) is 5.56 Å². The van der Waals surface area contributed by atoms with Crippen LogP contribution in [0.15, 0.2) is 48.7 Å².